The highest BCUT2D eigenvalue weighted by Crippen LogP contribution is 2.17. The molecule has 0 saturated carbocycles. The maximum atomic E-state index is 10.4. The van der Waals surface area contributed by atoms with Crippen LogP contribution in [-0.4, -0.2) is 14.3 Å². The average Bonchev–Trinajstić information content (AvgIpc) is 2.47. The molecule has 0 N–H and O–H groups in total. The molecule has 0 aliphatic heterocycles. The van der Waals surface area contributed by atoms with Crippen LogP contribution < -0.4 is 0 Å². The molecule has 0 atom stereocenters. The number of pyridine rings is 1. The predicted octanol–water partition coefficient (Wildman–Crippen LogP) is 1.90. The van der Waals surface area contributed by atoms with Crippen molar-refractivity contribution in [3.63, 3.8) is 0 Å². The normalized spacial score (nSPS) is 10.5. The van der Waals surface area contributed by atoms with Crippen molar-refractivity contribution in [2.45, 2.75) is 0 Å². The summed E-state index contributed by atoms with van der Waals surface area (Å²) in [5, 5.41) is 10.8. The van der Waals surface area contributed by atoms with Gasteiger partial charge < -0.3 is 0 Å². The maximum Gasteiger partial charge on any atom is 0.286 e. The molecule has 2 rings (SSSR count). The Labute approximate surface area is 77.7 Å². The fourth-order valence-corrected chi connectivity index (χ4v) is 1.23. The van der Waals surface area contributed by atoms with E-state index in [1.165, 1.54) is 22.9 Å². The molecule has 0 aliphatic carbocycles. The van der Waals surface area contributed by atoms with Gasteiger partial charge in [0.25, 0.3) is 5.69 Å². The van der Waals surface area contributed by atoms with Gasteiger partial charge in [-0.2, -0.15) is 0 Å². The summed E-state index contributed by atoms with van der Waals surface area (Å²) in [7, 11) is 0. The van der Waals surface area contributed by atoms with E-state index in [4.69, 9.17) is 11.6 Å². The second kappa shape index (κ2) is 2.70. The summed E-state index contributed by atoms with van der Waals surface area (Å²) in [6, 6.07) is 2.93. The maximum absolute atomic E-state index is 10.4. The van der Waals surface area contributed by atoms with Crippen LogP contribution in [-0.2, 0) is 0 Å². The van der Waals surface area contributed by atoms with Crippen molar-refractivity contribution >= 4 is 22.9 Å². The fourth-order valence-electron chi connectivity index (χ4n) is 1.05. The summed E-state index contributed by atoms with van der Waals surface area (Å²) >= 11 is 5.73. The van der Waals surface area contributed by atoms with E-state index in [0.717, 1.165) is 0 Å². The molecular weight excluding hydrogens is 194 g/mol. The SMILES string of the molecule is O=[N+]([O-])c1ccc2ncc(Cl)n2c1. The number of halogens is 1. The Bertz CT molecular complexity index is 480. The fraction of sp³-hybridized carbons (Fsp3) is 0. The molecule has 0 unspecified atom stereocenters. The van der Waals surface area contributed by atoms with Gasteiger partial charge in [-0.1, -0.05) is 11.6 Å². The van der Waals surface area contributed by atoms with E-state index in [1.807, 2.05) is 0 Å². The first-order valence-electron chi connectivity index (χ1n) is 3.45. The van der Waals surface area contributed by atoms with E-state index >= 15 is 0 Å². The standard InChI is InChI=1S/C7H4ClN3O2/c8-6-3-9-7-2-1-5(11(12)13)4-10(6)7/h1-4H. The van der Waals surface area contributed by atoms with Gasteiger partial charge in [0.15, 0.2) is 0 Å². The minimum absolute atomic E-state index is 0.00704. The van der Waals surface area contributed by atoms with Crippen LogP contribution in [0.5, 0.6) is 0 Å². The summed E-state index contributed by atoms with van der Waals surface area (Å²) < 4.78 is 1.46. The smallest absolute Gasteiger partial charge is 0.284 e. The second-order valence-corrected chi connectivity index (χ2v) is 2.84. The van der Waals surface area contributed by atoms with Crippen molar-refractivity contribution in [1.29, 1.82) is 0 Å². The zero-order valence-electron chi connectivity index (χ0n) is 6.35. The zero-order valence-corrected chi connectivity index (χ0v) is 7.10. The van der Waals surface area contributed by atoms with Crippen LogP contribution in [0.2, 0.25) is 5.15 Å². The van der Waals surface area contributed by atoms with Gasteiger partial charge >= 0.3 is 0 Å². The summed E-state index contributed by atoms with van der Waals surface area (Å²) in [4.78, 5) is 13.9. The molecule has 66 valence electrons. The molecule has 2 heterocycles. The van der Waals surface area contributed by atoms with Gasteiger partial charge in [-0.3, -0.25) is 14.5 Å². The number of rotatable bonds is 1. The van der Waals surface area contributed by atoms with Gasteiger partial charge in [-0.25, -0.2) is 4.98 Å². The first kappa shape index (κ1) is 8.00. The molecule has 0 spiro atoms. The highest BCUT2D eigenvalue weighted by atomic mass is 35.5. The molecule has 0 bridgehead atoms. The van der Waals surface area contributed by atoms with Gasteiger partial charge in [0.2, 0.25) is 0 Å². The Hall–Kier alpha value is -1.62. The topological polar surface area (TPSA) is 60.4 Å². The number of hydrogen-bond donors (Lipinski definition) is 0. The van der Waals surface area contributed by atoms with Crippen molar-refractivity contribution in [2.24, 2.45) is 0 Å². The number of nitro groups is 1. The molecule has 2 aromatic rings. The van der Waals surface area contributed by atoms with Crippen molar-refractivity contribution < 1.29 is 4.92 Å². The summed E-state index contributed by atoms with van der Waals surface area (Å²) in [5.74, 6) is 0. The summed E-state index contributed by atoms with van der Waals surface area (Å²) in [6.45, 7) is 0. The van der Waals surface area contributed by atoms with Gasteiger partial charge in [0.05, 0.1) is 17.3 Å². The largest absolute Gasteiger partial charge is 0.286 e. The summed E-state index contributed by atoms with van der Waals surface area (Å²) in [5.41, 5.74) is 0.586. The molecule has 0 amide bonds. The molecule has 13 heavy (non-hydrogen) atoms. The molecule has 0 radical (unpaired) electrons. The highest BCUT2D eigenvalue weighted by molar-refractivity contribution is 6.29. The molecule has 0 fully saturated rings. The monoisotopic (exact) mass is 197 g/mol. The van der Waals surface area contributed by atoms with Crippen LogP contribution in [0.15, 0.2) is 24.5 Å². The minimum atomic E-state index is -0.476. The van der Waals surface area contributed by atoms with Gasteiger partial charge in [0.1, 0.15) is 10.8 Å². The van der Waals surface area contributed by atoms with Gasteiger partial charge in [0, 0.05) is 6.07 Å². The molecular formula is C7H4ClN3O2. The third kappa shape index (κ3) is 1.23. The zero-order chi connectivity index (χ0) is 9.42. The minimum Gasteiger partial charge on any atom is -0.284 e. The van der Waals surface area contributed by atoms with Crippen LogP contribution in [0.3, 0.4) is 0 Å². The third-order valence-corrected chi connectivity index (χ3v) is 1.94. The molecule has 0 saturated heterocycles. The van der Waals surface area contributed by atoms with Crippen molar-refractivity contribution in [2.75, 3.05) is 0 Å². The first-order chi connectivity index (χ1) is 6.18. The van der Waals surface area contributed by atoms with Crippen molar-refractivity contribution in [3.05, 3.63) is 39.8 Å². The Balaban J connectivity index is 2.72. The summed E-state index contributed by atoms with van der Waals surface area (Å²) in [6.07, 6.45) is 2.78. The lowest BCUT2D eigenvalue weighted by atomic mass is 10.4. The lowest BCUT2D eigenvalue weighted by Crippen LogP contribution is -1.91. The molecule has 5 nitrogen and oxygen atoms in total. The first-order valence-corrected chi connectivity index (χ1v) is 3.83. The number of nitrogens with zero attached hydrogens (tertiary/aromatic N) is 3. The van der Waals surface area contributed by atoms with Crippen molar-refractivity contribution in [1.82, 2.24) is 9.38 Å². The molecule has 0 aliphatic rings. The van der Waals surface area contributed by atoms with Crippen LogP contribution in [0, 0.1) is 10.1 Å². The van der Waals surface area contributed by atoms with Crippen LogP contribution in [0.4, 0.5) is 5.69 Å². The van der Waals surface area contributed by atoms with E-state index in [1.54, 1.807) is 6.07 Å². The number of hydrogen-bond acceptors (Lipinski definition) is 3. The average molecular weight is 198 g/mol. The van der Waals surface area contributed by atoms with E-state index in [0.29, 0.717) is 10.8 Å². The quantitative estimate of drug-likeness (QED) is 0.518. The molecule has 6 heteroatoms. The van der Waals surface area contributed by atoms with Gasteiger partial charge in [-0.05, 0) is 6.07 Å². The van der Waals surface area contributed by atoms with E-state index in [2.05, 4.69) is 4.98 Å². The Morgan fingerprint density at radius 1 is 1.54 bits per heavy atom. The molecule has 2 aromatic heterocycles. The van der Waals surface area contributed by atoms with Crippen LogP contribution >= 0.6 is 11.6 Å². The number of aromatic nitrogens is 2. The number of imidazole rings is 1. The van der Waals surface area contributed by atoms with Crippen LogP contribution in [0.25, 0.3) is 5.65 Å². The highest BCUT2D eigenvalue weighted by Gasteiger charge is 2.08. The molecule has 0 aromatic carbocycles. The number of fused-ring (bicyclic) bond motifs is 1. The lowest BCUT2D eigenvalue weighted by Gasteiger charge is -1.94. The van der Waals surface area contributed by atoms with E-state index in [-0.39, 0.29) is 5.69 Å². The second-order valence-electron chi connectivity index (χ2n) is 2.45. The Kier molecular flexibility index (Phi) is 1.66. The lowest BCUT2D eigenvalue weighted by molar-refractivity contribution is -0.385. The predicted molar refractivity (Wildman–Crippen MR) is 46.9 cm³/mol. The van der Waals surface area contributed by atoms with Gasteiger partial charge in [-0.15, -0.1) is 0 Å². The van der Waals surface area contributed by atoms with E-state index < -0.39 is 4.92 Å². The van der Waals surface area contributed by atoms with Crippen LogP contribution in [0.1, 0.15) is 0 Å². The Morgan fingerprint density at radius 2 is 2.31 bits per heavy atom. The Morgan fingerprint density at radius 3 is 3.00 bits per heavy atom. The van der Waals surface area contributed by atoms with Crippen molar-refractivity contribution in [3.8, 4) is 0 Å². The van der Waals surface area contributed by atoms with E-state index in [9.17, 15) is 10.1 Å². The third-order valence-electron chi connectivity index (χ3n) is 1.66.